The average molecular weight is 398 g/mol. The van der Waals surface area contributed by atoms with Crippen molar-refractivity contribution < 1.29 is 0 Å². The molecule has 4 rings (SSSR count). The fraction of sp³-hybridized carbons (Fsp3) is 0.240. The van der Waals surface area contributed by atoms with Gasteiger partial charge in [-0.05, 0) is 41.7 Å². The van der Waals surface area contributed by atoms with Gasteiger partial charge in [-0.15, -0.1) is 0 Å². The topological polar surface area (TPSA) is 67.9 Å². The molecule has 5 heteroatoms. The van der Waals surface area contributed by atoms with E-state index in [1.165, 1.54) is 11.9 Å². The maximum Gasteiger partial charge on any atom is 0.165 e. The second-order valence-electron chi connectivity index (χ2n) is 8.25. The first-order valence-electron chi connectivity index (χ1n) is 10.2. The van der Waals surface area contributed by atoms with Crippen LogP contribution in [0.1, 0.15) is 19.4 Å². The van der Waals surface area contributed by atoms with E-state index in [-0.39, 0.29) is 0 Å². The minimum Gasteiger partial charge on any atom is -0.383 e. The second kappa shape index (κ2) is 8.11. The second-order valence-corrected chi connectivity index (χ2v) is 8.25. The lowest BCUT2D eigenvalue weighted by Crippen LogP contribution is -2.08. The van der Waals surface area contributed by atoms with Gasteiger partial charge in [-0.1, -0.05) is 50.2 Å². The number of nitrogens with zero attached hydrogens (tertiary/aromatic N) is 4. The van der Waals surface area contributed by atoms with E-state index >= 15 is 0 Å². The molecule has 0 aliphatic carbocycles. The van der Waals surface area contributed by atoms with Crippen LogP contribution in [0.4, 0.5) is 11.5 Å². The summed E-state index contributed by atoms with van der Waals surface area (Å²) in [4.78, 5) is 15.5. The number of rotatable bonds is 5. The Bertz CT molecular complexity index is 1160. The minimum atomic E-state index is 0.444. The Hall–Kier alpha value is -3.47. The normalized spacial score (nSPS) is 11.2. The Balaban J connectivity index is 1.88. The molecule has 0 unspecified atom stereocenters. The highest BCUT2D eigenvalue weighted by molar-refractivity contribution is 5.94. The first-order valence-corrected chi connectivity index (χ1v) is 10.2. The number of nitrogens with two attached hydrogens (primary N) is 1. The molecule has 2 N–H and O–H groups in total. The van der Waals surface area contributed by atoms with Gasteiger partial charge in [0.15, 0.2) is 5.65 Å². The van der Waals surface area contributed by atoms with Gasteiger partial charge < -0.3 is 10.6 Å². The summed E-state index contributed by atoms with van der Waals surface area (Å²) in [6.45, 7) is 4.47. The molecule has 2 aromatic heterocycles. The Morgan fingerprint density at radius 1 is 0.900 bits per heavy atom. The van der Waals surface area contributed by atoms with Crippen molar-refractivity contribution in [2.75, 3.05) is 24.7 Å². The van der Waals surface area contributed by atoms with Crippen molar-refractivity contribution in [3.05, 3.63) is 66.5 Å². The third-order valence-electron chi connectivity index (χ3n) is 5.22. The Morgan fingerprint density at radius 3 is 2.20 bits per heavy atom. The first-order chi connectivity index (χ1) is 14.4. The van der Waals surface area contributed by atoms with Crippen LogP contribution in [-0.2, 0) is 6.42 Å². The minimum absolute atomic E-state index is 0.444. The predicted molar refractivity (Wildman–Crippen MR) is 125 cm³/mol. The standard InChI is InChI=1S/C25H27N5/c1-16(2)13-17-5-7-18(8-6-17)21-14-22-24(26)27-15-28-25(22)29-23(21)19-9-11-20(12-10-19)30(3)4/h5-12,14-16H,13H2,1-4H3,(H2,26,27,28,29). The molecule has 0 spiro atoms. The molecule has 5 nitrogen and oxygen atoms in total. The molecular formula is C25H27N5. The molecular weight excluding hydrogens is 370 g/mol. The molecule has 0 saturated heterocycles. The summed E-state index contributed by atoms with van der Waals surface area (Å²) < 4.78 is 0. The number of benzene rings is 2. The first kappa shape index (κ1) is 19.8. The van der Waals surface area contributed by atoms with Crippen molar-refractivity contribution in [2.24, 2.45) is 5.92 Å². The summed E-state index contributed by atoms with van der Waals surface area (Å²) in [5.41, 5.74) is 13.3. The summed E-state index contributed by atoms with van der Waals surface area (Å²) in [5.74, 6) is 1.07. The van der Waals surface area contributed by atoms with Crippen LogP contribution in [0.5, 0.6) is 0 Å². The van der Waals surface area contributed by atoms with Gasteiger partial charge in [-0.25, -0.2) is 15.0 Å². The zero-order chi connectivity index (χ0) is 21.3. The lowest BCUT2D eigenvalue weighted by molar-refractivity contribution is 0.647. The molecule has 2 aromatic carbocycles. The SMILES string of the molecule is CC(C)Cc1ccc(-c2cc3c(N)ncnc3nc2-c2ccc(N(C)C)cc2)cc1. The third-order valence-corrected chi connectivity index (χ3v) is 5.22. The van der Waals surface area contributed by atoms with E-state index < -0.39 is 0 Å². The van der Waals surface area contributed by atoms with Crippen LogP contribution < -0.4 is 10.6 Å². The summed E-state index contributed by atoms with van der Waals surface area (Å²) >= 11 is 0. The number of hydrogen-bond acceptors (Lipinski definition) is 5. The zero-order valence-corrected chi connectivity index (χ0v) is 17.9. The van der Waals surface area contributed by atoms with E-state index in [0.717, 1.165) is 39.9 Å². The van der Waals surface area contributed by atoms with Crippen LogP contribution in [0.2, 0.25) is 0 Å². The van der Waals surface area contributed by atoms with Gasteiger partial charge in [0, 0.05) is 30.9 Å². The highest BCUT2D eigenvalue weighted by atomic mass is 15.1. The Morgan fingerprint density at radius 2 is 1.57 bits per heavy atom. The van der Waals surface area contributed by atoms with Gasteiger partial charge >= 0.3 is 0 Å². The molecule has 4 aromatic rings. The summed E-state index contributed by atoms with van der Waals surface area (Å²) in [6.07, 6.45) is 2.53. The predicted octanol–water partition coefficient (Wildman–Crippen LogP) is 5.21. The third kappa shape index (κ3) is 3.96. The quantitative estimate of drug-likeness (QED) is 0.501. The molecule has 0 fully saturated rings. The zero-order valence-electron chi connectivity index (χ0n) is 17.9. The van der Waals surface area contributed by atoms with Gasteiger partial charge in [-0.2, -0.15) is 0 Å². The number of hydrogen-bond donors (Lipinski definition) is 1. The highest BCUT2D eigenvalue weighted by Crippen LogP contribution is 2.35. The Labute approximate surface area is 177 Å². The Kier molecular flexibility index (Phi) is 5.36. The maximum atomic E-state index is 6.13. The number of fused-ring (bicyclic) bond motifs is 1. The van der Waals surface area contributed by atoms with Crippen LogP contribution in [0.15, 0.2) is 60.9 Å². The summed E-state index contributed by atoms with van der Waals surface area (Å²) in [6, 6.07) is 19.2. The van der Waals surface area contributed by atoms with Crippen molar-refractivity contribution in [1.29, 1.82) is 0 Å². The van der Waals surface area contributed by atoms with Gasteiger partial charge in [0.1, 0.15) is 12.1 Å². The monoisotopic (exact) mass is 397 g/mol. The fourth-order valence-electron chi connectivity index (χ4n) is 3.66. The van der Waals surface area contributed by atoms with Crippen LogP contribution in [-0.4, -0.2) is 29.0 Å². The van der Waals surface area contributed by atoms with Gasteiger partial charge in [-0.3, -0.25) is 0 Å². The fourth-order valence-corrected chi connectivity index (χ4v) is 3.66. The maximum absolute atomic E-state index is 6.13. The van der Waals surface area contributed by atoms with Crippen LogP contribution in [0, 0.1) is 5.92 Å². The van der Waals surface area contributed by atoms with Gasteiger partial charge in [0.2, 0.25) is 0 Å². The van der Waals surface area contributed by atoms with Crippen molar-refractivity contribution >= 4 is 22.5 Å². The molecule has 2 heterocycles. The van der Waals surface area contributed by atoms with Crippen molar-refractivity contribution in [3.63, 3.8) is 0 Å². The summed E-state index contributed by atoms with van der Waals surface area (Å²) in [5, 5.41) is 0.771. The molecule has 0 amide bonds. The van der Waals surface area contributed by atoms with E-state index in [9.17, 15) is 0 Å². The summed E-state index contributed by atoms with van der Waals surface area (Å²) in [7, 11) is 4.07. The van der Waals surface area contributed by atoms with Gasteiger partial charge in [0.25, 0.3) is 0 Å². The molecule has 0 aliphatic heterocycles. The van der Waals surface area contributed by atoms with Crippen LogP contribution in [0.25, 0.3) is 33.4 Å². The molecule has 30 heavy (non-hydrogen) atoms. The number of anilines is 2. The average Bonchev–Trinajstić information content (AvgIpc) is 2.73. The van der Waals surface area contributed by atoms with Crippen LogP contribution >= 0.6 is 0 Å². The largest absolute Gasteiger partial charge is 0.383 e. The lowest BCUT2D eigenvalue weighted by Gasteiger charge is -2.15. The molecule has 152 valence electrons. The van der Waals surface area contributed by atoms with E-state index in [1.807, 2.05) is 14.1 Å². The number of pyridine rings is 1. The molecule has 0 radical (unpaired) electrons. The molecule has 0 atom stereocenters. The van der Waals surface area contributed by atoms with E-state index in [2.05, 4.69) is 83.3 Å². The van der Waals surface area contributed by atoms with Crippen molar-refractivity contribution in [2.45, 2.75) is 20.3 Å². The van der Waals surface area contributed by atoms with E-state index in [4.69, 9.17) is 10.7 Å². The number of aromatic nitrogens is 3. The highest BCUT2D eigenvalue weighted by Gasteiger charge is 2.14. The number of nitrogen functional groups attached to an aromatic ring is 1. The van der Waals surface area contributed by atoms with Crippen LogP contribution in [0.3, 0.4) is 0 Å². The van der Waals surface area contributed by atoms with Crippen molar-refractivity contribution in [3.8, 4) is 22.4 Å². The van der Waals surface area contributed by atoms with E-state index in [0.29, 0.717) is 17.4 Å². The van der Waals surface area contributed by atoms with Crippen molar-refractivity contribution in [1.82, 2.24) is 15.0 Å². The van der Waals surface area contributed by atoms with Gasteiger partial charge in [0.05, 0.1) is 11.1 Å². The molecule has 0 aliphatic rings. The molecule has 0 saturated carbocycles. The molecule has 0 bridgehead atoms. The smallest absolute Gasteiger partial charge is 0.165 e. The van der Waals surface area contributed by atoms with E-state index in [1.54, 1.807) is 0 Å². The lowest BCUT2D eigenvalue weighted by atomic mass is 9.95.